The van der Waals surface area contributed by atoms with E-state index in [1.165, 1.54) is 6.07 Å². The maximum Gasteiger partial charge on any atom is 0.142 e. The molecule has 0 aromatic heterocycles. The highest BCUT2D eigenvalue weighted by molar-refractivity contribution is 9.10. The van der Waals surface area contributed by atoms with Gasteiger partial charge in [0.05, 0.1) is 11.6 Å². The Kier molecular flexibility index (Phi) is 5.62. The number of hydrogen-bond acceptors (Lipinski definition) is 2. The molecule has 1 N–H and O–H groups in total. The molecule has 1 atom stereocenters. The zero-order valence-corrected chi connectivity index (χ0v) is 14.1. The molecule has 0 aliphatic rings. The normalized spacial score (nSPS) is 12.2. The first kappa shape index (κ1) is 16.3. The third-order valence-corrected chi connectivity index (χ3v) is 4.27. The van der Waals surface area contributed by atoms with E-state index in [1.54, 1.807) is 13.2 Å². The van der Waals surface area contributed by atoms with E-state index >= 15 is 0 Å². The van der Waals surface area contributed by atoms with E-state index in [9.17, 15) is 4.39 Å². The van der Waals surface area contributed by atoms with E-state index in [-0.39, 0.29) is 11.1 Å². The number of hydrogen-bond donors (Lipinski definition) is 1. The molecular weight excluding hydrogens is 357 g/mol. The van der Waals surface area contributed by atoms with Crippen molar-refractivity contribution >= 4 is 33.2 Å². The Bertz CT molecular complexity index is 636. The highest BCUT2D eigenvalue weighted by Gasteiger charge is 2.12. The number of anilines is 1. The van der Waals surface area contributed by atoms with Gasteiger partial charge in [0.2, 0.25) is 0 Å². The van der Waals surface area contributed by atoms with E-state index < -0.39 is 5.82 Å². The van der Waals surface area contributed by atoms with Gasteiger partial charge in [0.25, 0.3) is 0 Å². The fraction of sp³-hybridized carbons (Fsp3) is 0.250. The standard InChI is InChI=1S/C16H16BrClFNO/c1-10(11-6-7-14(18)15(19)8-11)20-16-5-3-4-13(17)12(16)9-21-2/h3-8,10,20H,9H2,1-2H3. The van der Waals surface area contributed by atoms with Crippen LogP contribution in [0.2, 0.25) is 5.02 Å². The van der Waals surface area contributed by atoms with Crippen LogP contribution in [0.15, 0.2) is 40.9 Å². The number of nitrogens with one attached hydrogen (secondary N) is 1. The summed E-state index contributed by atoms with van der Waals surface area (Å²) in [6.45, 7) is 2.46. The smallest absolute Gasteiger partial charge is 0.142 e. The summed E-state index contributed by atoms with van der Waals surface area (Å²) >= 11 is 9.23. The van der Waals surface area contributed by atoms with Crippen LogP contribution in [0.3, 0.4) is 0 Å². The first-order chi connectivity index (χ1) is 10.0. The number of methoxy groups -OCH3 is 1. The average Bonchev–Trinajstić information content (AvgIpc) is 2.45. The summed E-state index contributed by atoms with van der Waals surface area (Å²) in [4.78, 5) is 0. The van der Waals surface area contributed by atoms with Crippen molar-refractivity contribution in [2.45, 2.75) is 19.6 Å². The van der Waals surface area contributed by atoms with Crippen LogP contribution < -0.4 is 5.32 Å². The van der Waals surface area contributed by atoms with Crippen LogP contribution in [0.4, 0.5) is 10.1 Å². The Morgan fingerprint density at radius 3 is 2.76 bits per heavy atom. The van der Waals surface area contributed by atoms with Gasteiger partial charge in [-0.25, -0.2) is 4.39 Å². The molecule has 0 saturated heterocycles. The monoisotopic (exact) mass is 371 g/mol. The highest BCUT2D eigenvalue weighted by atomic mass is 79.9. The summed E-state index contributed by atoms with van der Waals surface area (Å²) in [6, 6.07) is 10.7. The molecule has 0 amide bonds. The Hall–Kier alpha value is -1.10. The quantitative estimate of drug-likeness (QED) is 0.742. The van der Waals surface area contributed by atoms with Gasteiger partial charge in [-0.05, 0) is 36.8 Å². The zero-order valence-electron chi connectivity index (χ0n) is 11.8. The lowest BCUT2D eigenvalue weighted by Gasteiger charge is -2.19. The number of benzene rings is 2. The van der Waals surface area contributed by atoms with Crippen LogP contribution in [0.1, 0.15) is 24.1 Å². The Morgan fingerprint density at radius 2 is 2.10 bits per heavy atom. The summed E-state index contributed by atoms with van der Waals surface area (Å²) in [6.07, 6.45) is 0. The Morgan fingerprint density at radius 1 is 1.33 bits per heavy atom. The molecule has 2 nitrogen and oxygen atoms in total. The van der Waals surface area contributed by atoms with E-state index in [0.29, 0.717) is 6.61 Å². The molecule has 0 heterocycles. The van der Waals surface area contributed by atoms with Crippen molar-refractivity contribution in [1.82, 2.24) is 0 Å². The highest BCUT2D eigenvalue weighted by Crippen LogP contribution is 2.29. The van der Waals surface area contributed by atoms with Gasteiger partial charge in [-0.2, -0.15) is 0 Å². The van der Waals surface area contributed by atoms with Crippen molar-refractivity contribution in [2.75, 3.05) is 12.4 Å². The van der Waals surface area contributed by atoms with E-state index in [2.05, 4.69) is 21.2 Å². The summed E-state index contributed by atoms with van der Waals surface area (Å²) in [5, 5.41) is 3.51. The lowest BCUT2D eigenvalue weighted by molar-refractivity contribution is 0.185. The summed E-state index contributed by atoms with van der Waals surface area (Å²) in [5.41, 5.74) is 2.82. The minimum Gasteiger partial charge on any atom is -0.380 e. The van der Waals surface area contributed by atoms with Gasteiger partial charge < -0.3 is 10.1 Å². The van der Waals surface area contributed by atoms with Crippen LogP contribution in [-0.2, 0) is 11.3 Å². The molecule has 0 spiro atoms. The molecule has 0 aliphatic carbocycles. The van der Waals surface area contributed by atoms with Crippen molar-refractivity contribution in [1.29, 1.82) is 0 Å². The molecule has 2 aromatic rings. The second kappa shape index (κ2) is 7.25. The topological polar surface area (TPSA) is 21.3 Å². The summed E-state index contributed by atoms with van der Waals surface area (Å²) in [5.74, 6) is -0.408. The van der Waals surface area contributed by atoms with Crippen LogP contribution in [0.25, 0.3) is 0 Å². The van der Waals surface area contributed by atoms with Crippen LogP contribution in [-0.4, -0.2) is 7.11 Å². The number of ether oxygens (including phenoxy) is 1. The predicted octanol–water partition coefficient (Wildman–Crippen LogP) is 5.56. The van der Waals surface area contributed by atoms with Gasteiger partial charge in [0.15, 0.2) is 0 Å². The van der Waals surface area contributed by atoms with Crippen molar-refractivity contribution in [3.63, 3.8) is 0 Å². The van der Waals surface area contributed by atoms with Gasteiger partial charge in [-0.3, -0.25) is 0 Å². The van der Waals surface area contributed by atoms with Crippen LogP contribution in [0, 0.1) is 5.82 Å². The molecule has 2 rings (SSSR count). The van der Waals surface area contributed by atoms with Gasteiger partial charge in [0.1, 0.15) is 5.82 Å². The maximum atomic E-state index is 13.6. The van der Waals surface area contributed by atoms with E-state index in [1.807, 2.05) is 31.2 Å². The SMILES string of the molecule is COCc1c(Br)cccc1NC(C)c1ccc(Cl)c(F)c1. The minimum absolute atomic E-state index is 0.0540. The molecule has 1 unspecified atom stereocenters. The van der Waals surface area contributed by atoms with E-state index in [4.69, 9.17) is 16.3 Å². The first-order valence-electron chi connectivity index (χ1n) is 6.50. The molecule has 0 fully saturated rings. The second-order valence-corrected chi connectivity index (χ2v) is 6.00. The van der Waals surface area contributed by atoms with Gasteiger partial charge in [-0.1, -0.05) is 39.7 Å². The second-order valence-electron chi connectivity index (χ2n) is 4.74. The maximum absolute atomic E-state index is 13.6. The van der Waals surface area contributed by atoms with Crippen molar-refractivity contribution < 1.29 is 9.13 Å². The largest absolute Gasteiger partial charge is 0.380 e. The molecule has 2 aromatic carbocycles. The summed E-state index contributed by atoms with van der Waals surface area (Å²) in [7, 11) is 1.65. The molecule has 112 valence electrons. The van der Waals surface area contributed by atoms with E-state index in [0.717, 1.165) is 21.3 Å². The minimum atomic E-state index is -0.408. The molecule has 21 heavy (non-hydrogen) atoms. The Labute approximate surface area is 137 Å². The fourth-order valence-electron chi connectivity index (χ4n) is 2.08. The van der Waals surface area contributed by atoms with Crippen LogP contribution in [0.5, 0.6) is 0 Å². The Balaban J connectivity index is 2.24. The predicted molar refractivity (Wildman–Crippen MR) is 88.3 cm³/mol. The van der Waals surface area contributed by atoms with Crippen molar-refractivity contribution in [3.8, 4) is 0 Å². The lowest BCUT2D eigenvalue weighted by atomic mass is 10.1. The van der Waals surface area contributed by atoms with Gasteiger partial charge in [0, 0.05) is 28.9 Å². The third-order valence-electron chi connectivity index (χ3n) is 3.22. The van der Waals surface area contributed by atoms with Crippen LogP contribution >= 0.6 is 27.5 Å². The molecule has 0 radical (unpaired) electrons. The van der Waals surface area contributed by atoms with Crippen molar-refractivity contribution in [2.24, 2.45) is 0 Å². The molecular formula is C16H16BrClFNO. The molecule has 0 aliphatic heterocycles. The first-order valence-corrected chi connectivity index (χ1v) is 7.68. The zero-order chi connectivity index (χ0) is 15.4. The fourth-order valence-corrected chi connectivity index (χ4v) is 2.68. The third kappa shape index (κ3) is 3.96. The number of halogens is 3. The van der Waals surface area contributed by atoms with Gasteiger partial charge >= 0.3 is 0 Å². The van der Waals surface area contributed by atoms with Gasteiger partial charge in [-0.15, -0.1) is 0 Å². The lowest BCUT2D eigenvalue weighted by Crippen LogP contribution is -2.09. The molecule has 0 saturated carbocycles. The molecule has 0 bridgehead atoms. The summed E-state index contributed by atoms with van der Waals surface area (Å²) < 4.78 is 19.8. The number of rotatable bonds is 5. The average molecular weight is 373 g/mol. The van der Waals surface area contributed by atoms with Crippen molar-refractivity contribution in [3.05, 3.63) is 62.8 Å². The molecule has 5 heteroatoms.